The maximum absolute atomic E-state index is 10.3. The topological polar surface area (TPSA) is 73.4 Å². The van der Waals surface area contributed by atoms with Crippen LogP contribution in [0.15, 0.2) is 24.3 Å². The van der Waals surface area contributed by atoms with Gasteiger partial charge in [0.05, 0.1) is 22.9 Å². The summed E-state index contributed by atoms with van der Waals surface area (Å²) in [5, 5.41) is 20.6. The van der Waals surface area contributed by atoms with Gasteiger partial charge in [-0.25, -0.2) is 0 Å². The first-order valence-corrected chi connectivity index (χ1v) is 16.9. The predicted molar refractivity (Wildman–Crippen MR) is 168 cm³/mol. The minimum atomic E-state index is 0.423. The number of nitrogens with zero attached hydrogens (tertiary/aromatic N) is 4. The second-order valence-electron chi connectivity index (χ2n) is 10.3. The molecule has 0 aliphatic carbocycles. The minimum Gasteiger partial charge on any atom is -0.192 e. The van der Waals surface area contributed by atoms with Gasteiger partial charge >= 0.3 is 0 Å². The van der Waals surface area contributed by atoms with Crippen molar-refractivity contribution in [1.29, 1.82) is 10.5 Å². The molecule has 0 saturated heterocycles. The molecular weight excluding hydrogens is 537 g/mol. The number of nitriles is 2. The lowest BCUT2D eigenvalue weighted by Gasteiger charge is -2.10. The van der Waals surface area contributed by atoms with E-state index in [0.717, 1.165) is 56.5 Å². The SMILES string of the molecule is CCCCCCCCc1ccc(-c2c(C#N)c(C#N)c(-c3ccc(CCCCCCCC)s3)c3nsnc23)s1. The Labute approximate surface area is 245 Å². The highest BCUT2D eigenvalue weighted by Gasteiger charge is 2.26. The van der Waals surface area contributed by atoms with Gasteiger partial charge in [0.2, 0.25) is 0 Å². The van der Waals surface area contributed by atoms with Crippen molar-refractivity contribution >= 4 is 45.4 Å². The van der Waals surface area contributed by atoms with E-state index >= 15 is 0 Å². The van der Waals surface area contributed by atoms with Crippen LogP contribution in [0.2, 0.25) is 0 Å². The zero-order chi connectivity index (χ0) is 27.5. The first-order valence-electron chi connectivity index (χ1n) is 14.5. The summed E-state index contributed by atoms with van der Waals surface area (Å²) in [7, 11) is 0. The summed E-state index contributed by atoms with van der Waals surface area (Å²) >= 11 is 4.60. The molecule has 0 saturated carbocycles. The zero-order valence-corrected chi connectivity index (χ0v) is 25.7. The fourth-order valence-corrected chi connectivity index (χ4v) is 7.92. The predicted octanol–water partition coefficient (Wildman–Crippen LogP) is 10.7. The summed E-state index contributed by atoms with van der Waals surface area (Å²) in [6.45, 7) is 4.49. The lowest BCUT2D eigenvalue weighted by Crippen LogP contribution is -1.95. The zero-order valence-electron chi connectivity index (χ0n) is 23.2. The molecule has 3 aromatic heterocycles. The van der Waals surface area contributed by atoms with Crippen LogP contribution < -0.4 is 0 Å². The Morgan fingerprint density at radius 1 is 0.590 bits per heavy atom. The highest BCUT2D eigenvalue weighted by molar-refractivity contribution is 7.16. The molecule has 0 amide bonds. The average molecular weight is 575 g/mol. The van der Waals surface area contributed by atoms with Gasteiger partial charge in [-0.05, 0) is 49.9 Å². The number of hydrogen-bond acceptors (Lipinski definition) is 7. The van der Waals surface area contributed by atoms with E-state index in [4.69, 9.17) is 0 Å². The van der Waals surface area contributed by atoms with Gasteiger partial charge in [0.25, 0.3) is 0 Å². The number of rotatable bonds is 16. The van der Waals surface area contributed by atoms with Gasteiger partial charge in [0.15, 0.2) is 0 Å². The molecular formula is C32H38N4S3. The molecule has 39 heavy (non-hydrogen) atoms. The van der Waals surface area contributed by atoms with E-state index in [1.165, 1.54) is 86.8 Å². The Bertz CT molecular complexity index is 1320. The molecule has 0 aliphatic heterocycles. The van der Waals surface area contributed by atoms with E-state index in [9.17, 15) is 10.5 Å². The van der Waals surface area contributed by atoms with E-state index in [1.807, 2.05) is 0 Å². The highest BCUT2D eigenvalue weighted by Crippen LogP contribution is 2.44. The number of benzene rings is 1. The largest absolute Gasteiger partial charge is 0.192 e. The van der Waals surface area contributed by atoms with Gasteiger partial charge in [-0.15, -0.1) is 22.7 Å². The van der Waals surface area contributed by atoms with Gasteiger partial charge in [0, 0.05) is 30.6 Å². The normalized spacial score (nSPS) is 11.2. The van der Waals surface area contributed by atoms with Crippen molar-refractivity contribution in [2.24, 2.45) is 0 Å². The Kier molecular flexibility index (Phi) is 11.5. The molecule has 0 aliphatic rings. The summed E-state index contributed by atoms with van der Waals surface area (Å²) < 4.78 is 9.30. The molecule has 0 unspecified atom stereocenters. The molecule has 4 nitrogen and oxygen atoms in total. The average Bonchev–Trinajstić information content (AvgIpc) is 3.72. The van der Waals surface area contributed by atoms with Gasteiger partial charge in [0.1, 0.15) is 23.2 Å². The summed E-state index contributed by atoms with van der Waals surface area (Å²) in [5.74, 6) is 0. The van der Waals surface area contributed by atoms with Crippen molar-refractivity contribution < 1.29 is 0 Å². The van der Waals surface area contributed by atoms with Crippen molar-refractivity contribution in [1.82, 2.24) is 8.75 Å². The standard InChI is InChI=1S/C32H38N4S3/c1-3-5-7-9-11-13-15-23-17-19-27(37-23)29-25(21-33)26(22-34)30(32-31(29)35-39-36-32)28-20-18-24(38-28)16-14-12-10-8-6-4-2/h17-20H,3-16H2,1-2H3. The lowest BCUT2D eigenvalue weighted by atomic mass is 9.93. The Balaban J connectivity index is 1.58. The number of fused-ring (bicyclic) bond motifs is 1. The Morgan fingerprint density at radius 2 is 1.00 bits per heavy atom. The van der Waals surface area contributed by atoms with Crippen molar-refractivity contribution in [3.63, 3.8) is 0 Å². The smallest absolute Gasteiger partial charge is 0.115 e. The van der Waals surface area contributed by atoms with E-state index in [-0.39, 0.29) is 0 Å². The summed E-state index contributed by atoms with van der Waals surface area (Å²) in [5.41, 5.74) is 3.86. The number of aromatic nitrogens is 2. The molecule has 0 bridgehead atoms. The molecule has 3 heterocycles. The third kappa shape index (κ3) is 7.34. The van der Waals surface area contributed by atoms with Crippen LogP contribution in [-0.2, 0) is 12.8 Å². The van der Waals surface area contributed by atoms with Crippen molar-refractivity contribution in [2.75, 3.05) is 0 Å². The Morgan fingerprint density at radius 3 is 1.41 bits per heavy atom. The first-order chi connectivity index (χ1) is 19.2. The second-order valence-corrected chi connectivity index (χ2v) is 13.1. The summed E-state index contributed by atoms with van der Waals surface area (Å²) in [6.07, 6.45) is 17.4. The van der Waals surface area contributed by atoms with Gasteiger partial charge in [-0.2, -0.15) is 19.3 Å². The molecule has 0 radical (unpaired) electrons. The van der Waals surface area contributed by atoms with Crippen LogP contribution in [0, 0.1) is 22.7 Å². The molecule has 0 N–H and O–H groups in total. The fraction of sp³-hybridized carbons (Fsp3) is 0.500. The first kappa shape index (κ1) is 29.4. The Hall–Kier alpha value is -2.58. The third-order valence-corrected chi connectivity index (χ3v) is 10.2. The maximum Gasteiger partial charge on any atom is 0.115 e. The molecule has 0 fully saturated rings. The molecule has 7 heteroatoms. The summed E-state index contributed by atoms with van der Waals surface area (Å²) in [4.78, 5) is 4.65. The van der Waals surface area contributed by atoms with E-state index in [2.05, 4.69) is 59.0 Å². The minimum absolute atomic E-state index is 0.423. The van der Waals surface area contributed by atoms with Gasteiger partial charge in [-0.3, -0.25) is 0 Å². The molecule has 0 atom stereocenters. The quantitative estimate of drug-likeness (QED) is 0.125. The highest BCUT2D eigenvalue weighted by atomic mass is 32.1. The fourth-order valence-electron chi connectivity index (χ4n) is 5.16. The number of aryl methyl sites for hydroxylation is 2. The molecule has 0 spiro atoms. The molecule has 4 aromatic rings. The number of thiophene rings is 2. The number of hydrogen-bond donors (Lipinski definition) is 0. The van der Waals surface area contributed by atoms with Gasteiger partial charge < -0.3 is 0 Å². The van der Waals surface area contributed by atoms with Crippen molar-refractivity contribution in [2.45, 2.75) is 104 Å². The van der Waals surface area contributed by atoms with Crippen LogP contribution >= 0.6 is 34.4 Å². The van der Waals surface area contributed by atoms with Crippen LogP contribution in [-0.4, -0.2) is 8.75 Å². The summed E-state index contributed by atoms with van der Waals surface area (Å²) in [6, 6.07) is 13.3. The van der Waals surface area contributed by atoms with Crippen molar-refractivity contribution in [3.8, 4) is 33.0 Å². The van der Waals surface area contributed by atoms with Crippen molar-refractivity contribution in [3.05, 3.63) is 45.1 Å². The molecule has 1 aromatic carbocycles. The third-order valence-electron chi connectivity index (χ3n) is 7.31. The second kappa shape index (κ2) is 15.3. The van der Waals surface area contributed by atoms with Gasteiger partial charge in [-0.1, -0.05) is 78.1 Å². The molecule has 4 rings (SSSR count). The molecule has 204 valence electrons. The lowest BCUT2D eigenvalue weighted by molar-refractivity contribution is 0.609. The van der Waals surface area contributed by atoms with Crippen LogP contribution in [0.5, 0.6) is 0 Å². The van der Waals surface area contributed by atoms with Crippen LogP contribution in [0.1, 0.15) is 112 Å². The van der Waals surface area contributed by atoms with E-state index < -0.39 is 0 Å². The van der Waals surface area contributed by atoms with Crippen LogP contribution in [0.4, 0.5) is 0 Å². The number of unbranched alkanes of at least 4 members (excludes halogenated alkanes) is 10. The maximum atomic E-state index is 10.3. The van der Waals surface area contributed by atoms with E-state index in [0.29, 0.717) is 11.1 Å². The van der Waals surface area contributed by atoms with Crippen LogP contribution in [0.25, 0.3) is 31.9 Å². The van der Waals surface area contributed by atoms with E-state index in [1.54, 1.807) is 22.7 Å². The van der Waals surface area contributed by atoms with Crippen LogP contribution in [0.3, 0.4) is 0 Å². The monoisotopic (exact) mass is 574 g/mol.